The first kappa shape index (κ1) is 16.9. The average molecular weight is 409 g/mol. The van der Waals surface area contributed by atoms with E-state index in [0.29, 0.717) is 21.6 Å². The van der Waals surface area contributed by atoms with Crippen molar-refractivity contribution >= 4 is 44.7 Å². The second-order valence-corrected chi connectivity index (χ2v) is 6.90. The molecular weight excluding hydrogens is 398 g/mol. The van der Waals surface area contributed by atoms with Crippen molar-refractivity contribution in [3.63, 3.8) is 0 Å². The highest BCUT2D eigenvalue weighted by molar-refractivity contribution is 9.10. The van der Waals surface area contributed by atoms with E-state index < -0.39 is 11.4 Å². The van der Waals surface area contributed by atoms with Gasteiger partial charge < -0.3 is 10.4 Å². The van der Waals surface area contributed by atoms with Crippen molar-refractivity contribution in [1.82, 2.24) is 4.98 Å². The van der Waals surface area contributed by atoms with Crippen LogP contribution in [0.4, 0.5) is 8.78 Å². The van der Waals surface area contributed by atoms with Gasteiger partial charge in [-0.15, -0.1) is 11.8 Å². The molecule has 0 aliphatic heterocycles. The highest BCUT2D eigenvalue weighted by Gasteiger charge is 2.12. The quantitative estimate of drug-likeness (QED) is 0.478. The van der Waals surface area contributed by atoms with Crippen molar-refractivity contribution in [2.24, 2.45) is 0 Å². The van der Waals surface area contributed by atoms with Crippen molar-refractivity contribution in [2.75, 3.05) is 0 Å². The number of H-pyrrole nitrogens is 1. The highest BCUT2D eigenvalue weighted by atomic mass is 79.9. The van der Waals surface area contributed by atoms with E-state index in [1.807, 2.05) is 0 Å². The normalized spacial score (nSPS) is 11.0. The molecule has 3 rings (SSSR count). The standard InChI is InChI=1S/C17H11BrF2N2OS/c18-15-4-2-10(19)5-9(15)8-24-17-13-6-11(20)1-3-12(13)14(7-21)16(23)22-17/h1-7,21H,8H2,(H,22,23). The van der Waals surface area contributed by atoms with Gasteiger partial charge in [0.1, 0.15) is 11.6 Å². The molecule has 0 atom stereocenters. The van der Waals surface area contributed by atoms with Gasteiger partial charge in [0.2, 0.25) is 0 Å². The van der Waals surface area contributed by atoms with Gasteiger partial charge in [-0.3, -0.25) is 4.79 Å². The summed E-state index contributed by atoms with van der Waals surface area (Å²) >= 11 is 4.63. The van der Waals surface area contributed by atoms with Crippen molar-refractivity contribution in [3.05, 3.63) is 74.0 Å². The van der Waals surface area contributed by atoms with E-state index in [4.69, 9.17) is 5.41 Å². The molecule has 7 heteroatoms. The molecule has 1 aromatic heterocycles. The Bertz CT molecular complexity index is 1000. The van der Waals surface area contributed by atoms with Crippen molar-refractivity contribution in [3.8, 4) is 0 Å². The molecular formula is C17H11BrF2N2OS. The first-order valence-electron chi connectivity index (χ1n) is 6.92. The predicted molar refractivity (Wildman–Crippen MR) is 96.1 cm³/mol. The first-order valence-corrected chi connectivity index (χ1v) is 8.70. The summed E-state index contributed by atoms with van der Waals surface area (Å²) in [5.41, 5.74) is 0.493. The number of halogens is 3. The van der Waals surface area contributed by atoms with Gasteiger partial charge in [0.05, 0.1) is 10.6 Å². The summed E-state index contributed by atoms with van der Waals surface area (Å²) < 4.78 is 27.8. The van der Waals surface area contributed by atoms with Crippen LogP contribution in [0.1, 0.15) is 11.1 Å². The van der Waals surface area contributed by atoms with Crippen LogP contribution < -0.4 is 5.56 Å². The van der Waals surface area contributed by atoms with Crippen LogP contribution in [0.3, 0.4) is 0 Å². The van der Waals surface area contributed by atoms with Crippen LogP contribution in [-0.4, -0.2) is 11.2 Å². The fraction of sp³-hybridized carbons (Fsp3) is 0.0588. The van der Waals surface area contributed by atoms with Crippen molar-refractivity contribution < 1.29 is 8.78 Å². The third-order valence-electron chi connectivity index (χ3n) is 3.51. The predicted octanol–water partition coefficient (Wildman–Crippen LogP) is 4.86. The minimum Gasteiger partial charge on any atom is -0.316 e. The molecule has 0 saturated carbocycles. The van der Waals surface area contributed by atoms with Crippen LogP contribution in [0.15, 0.2) is 50.7 Å². The molecule has 0 radical (unpaired) electrons. The molecule has 1 heterocycles. The fourth-order valence-electron chi connectivity index (χ4n) is 2.36. The Balaban J connectivity index is 2.06. The summed E-state index contributed by atoms with van der Waals surface area (Å²) in [6.07, 6.45) is 0.955. The summed E-state index contributed by atoms with van der Waals surface area (Å²) in [6, 6.07) is 8.44. The topological polar surface area (TPSA) is 56.7 Å². The Kier molecular flexibility index (Phi) is 4.82. The Morgan fingerprint density at radius 2 is 1.83 bits per heavy atom. The summed E-state index contributed by atoms with van der Waals surface area (Å²) in [4.78, 5) is 14.8. The van der Waals surface area contributed by atoms with Crippen LogP contribution >= 0.6 is 27.7 Å². The first-order chi connectivity index (χ1) is 11.5. The molecule has 0 bridgehead atoms. The smallest absolute Gasteiger partial charge is 0.258 e. The number of aromatic nitrogens is 1. The van der Waals surface area contributed by atoms with Gasteiger partial charge in [-0.1, -0.05) is 22.0 Å². The lowest BCUT2D eigenvalue weighted by molar-refractivity contribution is 0.626. The number of nitrogens with one attached hydrogen (secondary N) is 2. The molecule has 2 N–H and O–H groups in total. The number of pyridine rings is 1. The molecule has 0 spiro atoms. The second kappa shape index (κ2) is 6.86. The van der Waals surface area contributed by atoms with Crippen molar-refractivity contribution in [2.45, 2.75) is 10.8 Å². The van der Waals surface area contributed by atoms with Gasteiger partial charge in [0.15, 0.2) is 0 Å². The molecule has 0 saturated heterocycles. The number of thioether (sulfide) groups is 1. The maximum Gasteiger partial charge on any atom is 0.258 e. The van der Waals surface area contributed by atoms with Crippen LogP contribution in [0.25, 0.3) is 10.8 Å². The summed E-state index contributed by atoms with van der Waals surface area (Å²) in [6.45, 7) is 0. The van der Waals surface area contributed by atoms with Gasteiger partial charge in [-0.05, 0) is 41.3 Å². The Labute approximate surface area is 148 Å². The van der Waals surface area contributed by atoms with Crippen LogP contribution in [0, 0.1) is 17.0 Å². The van der Waals surface area contributed by atoms with Gasteiger partial charge in [-0.2, -0.15) is 0 Å². The number of fused-ring (bicyclic) bond motifs is 1. The zero-order valence-corrected chi connectivity index (χ0v) is 14.6. The third kappa shape index (κ3) is 3.27. The summed E-state index contributed by atoms with van der Waals surface area (Å²) in [7, 11) is 0. The minimum absolute atomic E-state index is 0.182. The zero-order chi connectivity index (χ0) is 17.3. The Morgan fingerprint density at radius 3 is 2.58 bits per heavy atom. The SMILES string of the molecule is N=Cc1c(=O)[nH]c(SCc2cc(F)ccc2Br)c2cc(F)ccc12. The molecule has 0 unspecified atom stereocenters. The fourth-order valence-corrected chi connectivity index (χ4v) is 3.96. The van der Waals surface area contributed by atoms with E-state index in [1.54, 1.807) is 6.07 Å². The van der Waals surface area contributed by atoms with Gasteiger partial charge in [0.25, 0.3) is 5.56 Å². The lowest BCUT2D eigenvalue weighted by atomic mass is 10.1. The summed E-state index contributed by atoms with van der Waals surface area (Å²) in [5.74, 6) is -0.388. The average Bonchev–Trinajstić information content (AvgIpc) is 2.56. The number of hydrogen-bond acceptors (Lipinski definition) is 3. The van der Waals surface area contributed by atoms with Gasteiger partial charge in [-0.25, -0.2) is 8.78 Å². The Hall–Kier alpha value is -1.99. The highest BCUT2D eigenvalue weighted by Crippen LogP contribution is 2.31. The monoisotopic (exact) mass is 408 g/mol. The van der Waals surface area contributed by atoms with E-state index in [2.05, 4.69) is 20.9 Å². The van der Waals surface area contributed by atoms with Crippen LogP contribution in [0.2, 0.25) is 0 Å². The molecule has 0 amide bonds. The molecule has 3 nitrogen and oxygen atoms in total. The molecule has 3 aromatic rings. The number of rotatable bonds is 4. The minimum atomic E-state index is -0.431. The van der Waals surface area contributed by atoms with Gasteiger partial charge in [0, 0.05) is 21.8 Å². The zero-order valence-electron chi connectivity index (χ0n) is 12.2. The lowest BCUT2D eigenvalue weighted by Crippen LogP contribution is -2.13. The molecule has 122 valence electrons. The third-order valence-corrected chi connectivity index (χ3v) is 5.35. The van der Waals surface area contributed by atoms with Crippen LogP contribution in [-0.2, 0) is 5.75 Å². The van der Waals surface area contributed by atoms with E-state index in [-0.39, 0.29) is 11.4 Å². The Morgan fingerprint density at radius 1 is 1.12 bits per heavy atom. The number of benzene rings is 2. The van der Waals surface area contributed by atoms with Gasteiger partial charge >= 0.3 is 0 Å². The maximum absolute atomic E-state index is 13.6. The lowest BCUT2D eigenvalue weighted by Gasteiger charge is -2.09. The molecule has 2 aromatic carbocycles. The maximum atomic E-state index is 13.6. The molecule has 0 fully saturated rings. The van der Waals surface area contributed by atoms with Crippen LogP contribution in [0.5, 0.6) is 0 Å². The van der Waals surface area contributed by atoms with E-state index in [9.17, 15) is 13.6 Å². The van der Waals surface area contributed by atoms with Crippen molar-refractivity contribution in [1.29, 1.82) is 5.41 Å². The number of hydrogen-bond donors (Lipinski definition) is 2. The van der Waals surface area contributed by atoms with E-state index in [1.165, 1.54) is 42.1 Å². The molecule has 0 aliphatic carbocycles. The largest absolute Gasteiger partial charge is 0.316 e. The van der Waals surface area contributed by atoms with E-state index in [0.717, 1.165) is 16.3 Å². The van der Waals surface area contributed by atoms with E-state index >= 15 is 0 Å². The second-order valence-electron chi connectivity index (χ2n) is 5.06. The summed E-state index contributed by atoms with van der Waals surface area (Å²) in [5, 5.41) is 8.90. The number of aromatic amines is 1. The molecule has 0 aliphatic rings. The molecule has 24 heavy (non-hydrogen) atoms.